The van der Waals surface area contributed by atoms with Crippen molar-refractivity contribution in [2.75, 3.05) is 0 Å². The number of ketones is 1. The fraction of sp³-hybridized carbons (Fsp3) is 0.415. The van der Waals surface area contributed by atoms with Crippen LogP contribution in [0.2, 0.25) is 0 Å². The van der Waals surface area contributed by atoms with Crippen molar-refractivity contribution in [3.63, 3.8) is 0 Å². The number of hydrogen-bond donors (Lipinski definition) is 1. The summed E-state index contributed by atoms with van der Waals surface area (Å²) >= 11 is 1.07. The van der Waals surface area contributed by atoms with Crippen molar-refractivity contribution in [3.05, 3.63) is 83.3 Å². The fourth-order valence-corrected chi connectivity index (χ4v) is 8.88. The van der Waals surface area contributed by atoms with Gasteiger partial charge in [0, 0.05) is 70.1 Å². The number of aromatic nitrogens is 1. The first-order valence-electron chi connectivity index (χ1n) is 17.5. The number of allylic oxidation sites excluding steroid dienone is 2. The number of halogens is 5. The molecule has 0 atom stereocenters. The summed E-state index contributed by atoms with van der Waals surface area (Å²) in [6, 6.07) is 15.9. The maximum absolute atomic E-state index is 14.2. The Morgan fingerprint density at radius 2 is 1.48 bits per heavy atom. The first-order valence-corrected chi connectivity index (χ1v) is 20.2. The zero-order valence-corrected chi connectivity index (χ0v) is 35.3. The zero-order valence-electron chi connectivity index (χ0n) is 31.2. The molecule has 11 heteroatoms. The summed E-state index contributed by atoms with van der Waals surface area (Å²) in [5, 5.41) is 11.0. The van der Waals surface area contributed by atoms with Crippen LogP contribution in [-0.2, 0) is 31.3 Å². The van der Waals surface area contributed by atoms with Gasteiger partial charge in [0.15, 0.2) is 5.78 Å². The van der Waals surface area contributed by atoms with E-state index in [2.05, 4.69) is 31.8 Å². The number of nitrogens with zero attached hydrogens (tertiary/aromatic N) is 1. The third kappa shape index (κ3) is 10.2. The van der Waals surface area contributed by atoms with Crippen molar-refractivity contribution in [3.8, 4) is 11.3 Å². The van der Waals surface area contributed by atoms with Crippen molar-refractivity contribution < 1.29 is 49.4 Å². The number of thiophene rings is 1. The van der Waals surface area contributed by atoms with Crippen LogP contribution >= 0.6 is 21.6 Å². The van der Waals surface area contributed by atoms with Crippen LogP contribution in [0.3, 0.4) is 0 Å². The molecule has 0 aliphatic rings. The van der Waals surface area contributed by atoms with Crippen LogP contribution in [0.4, 0.5) is 19.4 Å². The normalized spacial score (nSPS) is 14.0. The minimum Gasteiger partial charge on any atom is -0.512 e. The monoisotopic (exact) mass is 939 g/mol. The third-order valence-corrected chi connectivity index (χ3v) is 11.5. The first kappa shape index (κ1) is 43.6. The minimum atomic E-state index is -10.0. The molecule has 5 aromatic rings. The van der Waals surface area contributed by atoms with Crippen LogP contribution in [0.25, 0.3) is 42.2 Å². The minimum absolute atomic E-state index is 0. The molecule has 2 heterocycles. The third-order valence-electron chi connectivity index (χ3n) is 9.14. The number of hydrogen-bond acceptors (Lipinski definition) is 4. The largest absolute Gasteiger partial charge is 0.512 e. The maximum atomic E-state index is 14.2. The molecule has 3 nitrogen and oxygen atoms in total. The van der Waals surface area contributed by atoms with Crippen molar-refractivity contribution in [2.24, 2.45) is 17.3 Å². The summed E-state index contributed by atoms with van der Waals surface area (Å²) in [7, 11) is -10.0. The first-order chi connectivity index (χ1) is 23.5. The van der Waals surface area contributed by atoms with E-state index < -0.39 is 20.5 Å². The van der Waals surface area contributed by atoms with Gasteiger partial charge in [-0.3, -0.25) is 4.79 Å². The van der Waals surface area contributed by atoms with E-state index in [1.54, 1.807) is 12.1 Å². The Bertz CT molecular complexity index is 2090. The molecule has 0 unspecified atom stereocenters. The SMILES string of the molecule is CCC(CC)C(=O)/C=C(\O)C(CC)CC.Cc1[c-]c(-c2ncc(S(F)(F)(F)(F)F)c3c2sc2c4ccc(CC(C)(C)C)cc4ccc23)cc(C)c1.[Ir]. The predicted molar refractivity (Wildman–Crippen MR) is 207 cm³/mol. The summed E-state index contributed by atoms with van der Waals surface area (Å²) < 4.78 is 71.8. The number of aryl methyl sites for hydroxylation is 2. The number of benzene rings is 3. The number of aliphatic hydroxyl groups excluding tert-OH is 1. The van der Waals surface area contributed by atoms with Crippen molar-refractivity contribution >= 4 is 58.3 Å². The van der Waals surface area contributed by atoms with Gasteiger partial charge in [-0.05, 0) is 53.9 Å². The maximum Gasteiger partial charge on any atom is 0.312 e. The van der Waals surface area contributed by atoms with Crippen LogP contribution in [0.1, 0.15) is 90.8 Å². The smallest absolute Gasteiger partial charge is 0.312 e. The summed E-state index contributed by atoms with van der Waals surface area (Å²) in [5.41, 5.74) is 3.54. The molecule has 3 aromatic carbocycles. The number of fused-ring (bicyclic) bond motifs is 5. The quantitative estimate of drug-likeness (QED) is 0.0657. The van der Waals surface area contributed by atoms with Crippen LogP contribution in [-0.4, -0.2) is 15.9 Å². The predicted octanol–water partition coefficient (Wildman–Crippen LogP) is 14.8. The van der Waals surface area contributed by atoms with Gasteiger partial charge in [-0.2, -0.15) is 0 Å². The van der Waals surface area contributed by atoms with Gasteiger partial charge in [-0.15, -0.1) is 46.2 Å². The molecule has 2 aromatic heterocycles. The number of pyridine rings is 1. The van der Waals surface area contributed by atoms with E-state index in [1.807, 2.05) is 65.8 Å². The van der Waals surface area contributed by atoms with E-state index >= 15 is 0 Å². The average Bonchev–Trinajstić information content (AvgIpc) is 3.39. The van der Waals surface area contributed by atoms with Crippen LogP contribution in [0, 0.1) is 37.2 Å². The van der Waals surface area contributed by atoms with Gasteiger partial charge < -0.3 is 10.1 Å². The molecule has 0 saturated carbocycles. The van der Waals surface area contributed by atoms with Crippen LogP contribution in [0.5, 0.6) is 0 Å². The second-order valence-corrected chi connectivity index (χ2v) is 18.1. The van der Waals surface area contributed by atoms with Gasteiger partial charge in [-0.25, -0.2) is 0 Å². The molecule has 1 radical (unpaired) electrons. The topological polar surface area (TPSA) is 50.2 Å². The molecular formula is C41H49F5IrNO2S2-. The Hall–Kier alpha value is -2.85. The summed E-state index contributed by atoms with van der Waals surface area (Å²) in [6.07, 6.45) is 6.04. The fourth-order valence-electron chi connectivity index (χ4n) is 6.60. The van der Waals surface area contributed by atoms with Gasteiger partial charge in [0.2, 0.25) is 0 Å². The Morgan fingerprint density at radius 3 is 2.02 bits per heavy atom. The Kier molecular flexibility index (Phi) is 13.0. The Morgan fingerprint density at radius 1 is 0.885 bits per heavy atom. The standard InChI is InChI=1S/C28H25F5NS2.C13H24O2.Ir/c1-16-10-17(2)12-20(11-16)25-27-24(23(15-34-25)36(29,30,31,32)33)22-9-7-19-13-18(14-28(3,4)5)6-8-21(19)26(22)35-27;1-5-10(6-2)12(14)9-13(15)11(7-3)8-4;/h6-11,13,15H,14H2,1-5H3;9-11,14H,5-8H2,1-4H3;/q-1;;/b;12-9-;. The Labute approximate surface area is 322 Å². The number of rotatable bonds is 10. The van der Waals surface area contributed by atoms with E-state index in [9.17, 15) is 29.3 Å². The number of carbonyl (C=O) groups is 1. The zero-order chi connectivity index (χ0) is 38.2. The molecule has 287 valence electrons. The van der Waals surface area contributed by atoms with Crippen LogP contribution < -0.4 is 0 Å². The second-order valence-electron chi connectivity index (χ2n) is 14.7. The molecule has 1 N–H and O–H groups in total. The average molecular weight is 939 g/mol. The molecule has 52 heavy (non-hydrogen) atoms. The van der Waals surface area contributed by atoms with Gasteiger partial charge >= 0.3 is 10.2 Å². The van der Waals surface area contributed by atoms with E-state index in [1.165, 1.54) is 12.1 Å². The van der Waals surface area contributed by atoms with Gasteiger partial charge in [0.25, 0.3) is 0 Å². The van der Waals surface area contributed by atoms with E-state index in [0.717, 1.165) is 70.9 Å². The van der Waals surface area contributed by atoms with Gasteiger partial charge in [-0.1, -0.05) is 112 Å². The van der Waals surface area contributed by atoms with Gasteiger partial charge in [0.1, 0.15) is 4.90 Å². The van der Waals surface area contributed by atoms with Gasteiger partial charge in [0.05, 0.1) is 5.76 Å². The molecule has 0 bridgehead atoms. The molecular weight excluding hydrogens is 890 g/mol. The van der Waals surface area contributed by atoms with E-state index in [0.29, 0.717) is 16.5 Å². The Balaban J connectivity index is 0.000000389. The summed E-state index contributed by atoms with van der Waals surface area (Å²) in [4.78, 5) is 13.7. The molecule has 0 aliphatic heterocycles. The molecule has 0 aliphatic carbocycles. The number of carbonyl (C=O) groups excluding carboxylic acids is 1. The molecule has 0 amide bonds. The van der Waals surface area contributed by atoms with Crippen LogP contribution in [0.15, 0.2) is 65.4 Å². The molecule has 0 saturated heterocycles. The van der Waals surface area contributed by atoms with E-state index in [-0.39, 0.29) is 64.7 Å². The van der Waals surface area contributed by atoms with Crippen molar-refractivity contribution in [1.82, 2.24) is 4.98 Å². The van der Waals surface area contributed by atoms with Crippen molar-refractivity contribution in [1.29, 1.82) is 0 Å². The second kappa shape index (κ2) is 15.5. The molecule has 0 spiro atoms. The summed E-state index contributed by atoms with van der Waals surface area (Å²) in [5.74, 6) is 0.547. The number of aliphatic hydroxyl groups is 1. The van der Waals surface area contributed by atoms with E-state index in [4.69, 9.17) is 0 Å². The van der Waals surface area contributed by atoms with Crippen molar-refractivity contribution in [2.45, 2.75) is 99.3 Å². The summed E-state index contributed by atoms with van der Waals surface area (Å²) in [6.45, 7) is 18.1. The molecule has 0 fully saturated rings. The molecule has 5 rings (SSSR count).